The van der Waals surface area contributed by atoms with E-state index in [1.807, 2.05) is 25.1 Å². The van der Waals surface area contributed by atoms with Crippen molar-refractivity contribution in [2.75, 3.05) is 6.54 Å². The monoisotopic (exact) mass is 376 g/mol. The van der Waals surface area contributed by atoms with Gasteiger partial charge >= 0.3 is 0 Å². The van der Waals surface area contributed by atoms with Gasteiger partial charge in [-0.1, -0.05) is 41.9 Å². The summed E-state index contributed by atoms with van der Waals surface area (Å²) in [6.07, 6.45) is 0.0779. The molecule has 0 bridgehead atoms. The lowest BCUT2D eigenvalue weighted by Crippen LogP contribution is -2.48. The SMILES string of the molecule is CCNC(=O)C(C)N(Cc1ccccc1Cl)C(=O)Cc1ccc(F)cc1. The van der Waals surface area contributed by atoms with Crippen LogP contribution in [0.25, 0.3) is 0 Å². The minimum atomic E-state index is -0.654. The summed E-state index contributed by atoms with van der Waals surface area (Å²) < 4.78 is 13.1. The summed E-state index contributed by atoms with van der Waals surface area (Å²) in [5.41, 5.74) is 1.45. The first-order valence-corrected chi connectivity index (χ1v) is 8.85. The fraction of sp³-hybridized carbons (Fsp3) is 0.300. The molecule has 26 heavy (non-hydrogen) atoms. The molecule has 2 aromatic rings. The Morgan fingerprint density at radius 1 is 1.15 bits per heavy atom. The molecule has 0 fully saturated rings. The number of likely N-dealkylation sites (N-methyl/N-ethyl adjacent to an activating group) is 1. The van der Waals surface area contributed by atoms with E-state index < -0.39 is 6.04 Å². The molecule has 2 aromatic carbocycles. The second kappa shape index (κ2) is 9.34. The zero-order valence-corrected chi connectivity index (χ0v) is 15.6. The predicted octanol–water partition coefficient (Wildman–Crippen LogP) is 3.58. The maximum Gasteiger partial charge on any atom is 0.242 e. The van der Waals surface area contributed by atoms with Gasteiger partial charge in [0.1, 0.15) is 11.9 Å². The summed E-state index contributed by atoms with van der Waals surface area (Å²) >= 11 is 6.22. The van der Waals surface area contributed by atoms with Gasteiger partial charge in [-0.3, -0.25) is 9.59 Å². The van der Waals surface area contributed by atoms with E-state index in [0.29, 0.717) is 17.1 Å². The molecular formula is C20H22ClFN2O2. The minimum Gasteiger partial charge on any atom is -0.355 e. The summed E-state index contributed by atoms with van der Waals surface area (Å²) in [5, 5.41) is 3.27. The van der Waals surface area contributed by atoms with E-state index in [1.165, 1.54) is 17.0 Å². The molecule has 2 amide bonds. The number of hydrogen-bond acceptors (Lipinski definition) is 2. The van der Waals surface area contributed by atoms with Gasteiger partial charge in [-0.15, -0.1) is 0 Å². The normalized spacial score (nSPS) is 11.7. The van der Waals surface area contributed by atoms with Crippen molar-refractivity contribution >= 4 is 23.4 Å². The first-order valence-electron chi connectivity index (χ1n) is 8.47. The van der Waals surface area contributed by atoms with Gasteiger partial charge in [0.2, 0.25) is 11.8 Å². The number of carbonyl (C=O) groups excluding carboxylic acids is 2. The van der Waals surface area contributed by atoms with Crippen LogP contribution in [0.15, 0.2) is 48.5 Å². The van der Waals surface area contributed by atoms with Crippen LogP contribution in [0.2, 0.25) is 5.02 Å². The van der Waals surface area contributed by atoms with Crippen LogP contribution in [0.4, 0.5) is 4.39 Å². The highest BCUT2D eigenvalue weighted by Crippen LogP contribution is 2.19. The summed E-state index contributed by atoms with van der Waals surface area (Å²) in [7, 11) is 0. The first-order chi connectivity index (χ1) is 12.4. The lowest BCUT2D eigenvalue weighted by molar-refractivity contribution is -0.140. The van der Waals surface area contributed by atoms with Crippen molar-refractivity contribution in [2.45, 2.75) is 32.9 Å². The molecule has 4 nitrogen and oxygen atoms in total. The van der Waals surface area contributed by atoms with E-state index in [1.54, 1.807) is 25.1 Å². The Hall–Kier alpha value is -2.40. The summed E-state index contributed by atoms with van der Waals surface area (Å²) in [5.74, 6) is -0.813. The van der Waals surface area contributed by atoms with Gasteiger partial charge in [0.05, 0.1) is 6.42 Å². The molecule has 0 heterocycles. The van der Waals surface area contributed by atoms with E-state index in [9.17, 15) is 14.0 Å². The van der Waals surface area contributed by atoms with Gasteiger partial charge in [0.25, 0.3) is 0 Å². The third-order valence-corrected chi connectivity index (χ3v) is 4.45. The topological polar surface area (TPSA) is 49.4 Å². The number of carbonyl (C=O) groups is 2. The van der Waals surface area contributed by atoms with Crippen molar-refractivity contribution in [3.63, 3.8) is 0 Å². The largest absolute Gasteiger partial charge is 0.355 e. The molecule has 0 radical (unpaired) electrons. The molecule has 0 spiro atoms. The molecule has 0 aromatic heterocycles. The number of nitrogens with one attached hydrogen (secondary N) is 1. The highest BCUT2D eigenvalue weighted by atomic mass is 35.5. The smallest absolute Gasteiger partial charge is 0.242 e. The molecular weight excluding hydrogens is 355 g/mol. The van der Waals surface area contributed by atoms with Crippen molar-refractivity contribution in [1.82, 2.24) is 10.2 Å². The van der Waals surface area contributed by atoms with Crippen LogP contribution in [0, 0.1) is 5.82 Å². The molecule has 1 unspecified atom stereocenters. The average molecular weight is 377 g/mol. The van der Waals surface area contributed by atoms with E-state index >= 15 is 0 Å². The van der Waals surface area contributed by atoms with Crippen LogP contribution >= 0.6 is 11.6 Å². The van der Waals surface area contributed by atoms with Crippen molar-refractivity contribution < 1.29 is 14.0 Å². The molecule has 1 N–H and O–H groups in total. The zero-order valence-electron chi connectivity index (χ0n) is 14.8. The van der Waals surface area contributed by atoms with Gasteiger partial charge < -0.3 is 10.2 Å². The summed E-state index contributed by atoms with van der Waals surface area (Å²) in [6.45, 7) is 4.21. The average Bonchev–Trinajstić information content (AvgIpc) is 2.62. The van der Waals surface area contributed by atoms with Crippen LogP contribution in [0.5, 0.6) is 0 Å². The second-order valence-corrected chi connectivity index (χ2v) is 6.39. The minimum absolute atomic E-state index is 0.0779. The molecule has 138 valence electrons. The summed E-state index contributed by atoms with van der Waals surface area (Å²) in [6, 6.07) is 12.3. The van der Waals surface area contributed by atoms with Crippen LogP contribution < -0.4 is 5.32 Å². The van der Waals surface area contributed by atoms with Crippen LogP contribution in [0.3, 0.4) is 0 Å². The number of halogens is 2. The molecule has 1 atom stereocenters. The first kappa shape index (κ1) is 19.9. The van der Waals surface area contributed by atoms with Crippen molar-refractivity contribution in [1.29, 1.82) is 0 Å². The Kier molecular flexibility index (Phi) is 7.16. The predicted molar refractivity (Wildman–Crippen MR) is 100 cm³/mol. The van der Waals surface area contributed by atoms with Crippen molar-refractivity contribution in [2.24, 2.45) is 0 Å². The Bertz CT molecular complexity index is 765. The van der Waals surface area contributed by atoms with Crippen molar-refractivity contribution in [3.8, 4) is 0 Å². The Balaban J connectivity index is 2.23. The lowest BCUT2D eigenvalue weighted by Gasteiger charge is -2.29. The van der Waals surface area contributed by atoms with Crippen LogP contribution in [-0.2, 0) is 22.6 Å². The standard InChI is InChI=1S/C20H22ClFN2O2/c1-3-23-20(26)14(2)24(13-16-6-4-5-7-18(16)21)19(25)12-15-8-10-17(22)11-9-15/h4-11,14H,3,12-13H2,1-2H3,(H,23,26). The van der Waals surface area contributed by atoms with Gasteiger partial charge in [0.15, 0.2) is 0 Å². The third-order valence-electron chi connectivity index (χ3n) is 4.09. The number of nitrogens with zero attached hydrogens (tertiary/aromatic N) is 1. The molecule has 0 aliphatic rings. The van der Waals surface area contributed by atoms with Crippen molar-refractivity contribution in [3.05, 3.63) is 70.5 Å². The second-order valence-electron chi connectivity index (χ2n) is 5.99. The van der Waals surface area contributed by atoms with Gasteiger partial charge in [-0.25, -0.2) is 4.39 Å². The maximum atomic E-state index is 13.1. The number of hydrogen-bond donors (Lipinski definition) is 1. The van der Waals surface area contributed by atoms with Gasteiger partial charge in [-0.05, 0) is 43.2 Å². The Morgan fingerprint density at radius 2 is 1.81 bits per heavy atom. The quantitative estimate of drug-likeness (QED) is 0.803. The highest BCUT2D eigenvalue weighted by Gasteiger charge is 2.26. The van der Waals surface area contributed by atoms with Crippen LogP contribution in [-0.4, -0.2) is 29.3 Å². The van der Waals surface area contributed by atoms with E-state index in [0.717, 1.165) is 5.56 Å². The molecule has 2 rings (SSSR count). The zero-order chi connectivity index (χ0) is 19.1. The summed E-state index contributed by atoms with van der Waals surface area (Å²) in [4.78, 5) is 26.6. The maximum absolute atomic E-state index is 13.1. The van der Waals surface area contributed by atoms with Crippen LogP contribution in [0.1, 0.15) is 25.0 Å². The van der Waals surface area contributed by atoms with Gasteiger partial charge in [0, 0.05) is 18.1 Å². The number of rotatable bonds is 7. The molecule has 0 saturated heterocycles. The van der Waals surface area contributed by atoms with Gasteiger partial charge in [-0.2, -0.15) is 0 Å². The highest BCUT2D eigenvalue weighted by molar-refractivity contribution is 6.31. The molecule has 6 heteroatoms. The van der Waals surface area contributed by atoms with E-state index in [4.69, 9.17) is 11.6 Å². The number of amides is 2. The van der Waals surface area contributed by atoms with E-state index in [2.05, 4.69) is 5.32 Å². The molecule has 0 aliphatic carbocycles. The molecule has 0 saturated carbocycles. The Morgan fingerprint density at radius 3 is 2.42 bits per heavy atom. The molecule has 0 aliphatic heterocycles. The fourth-order valence-corrected chi connectivity index (χ4v) is 2.79. The third kappa shape index (κ3) is 5.30. The number of benzene rings is 2. The fourth-order valence-electron chi connectivity index (χ4n) is 2.59. The van der Waals surface area contributed by atoms with E-state index in [-0.39, 0.29) is 30.6 Å². The lowest BCUT2D eigenvalue weighted by atomic mass is 10.1. The Labute approximate surface area is 158 Å².